The monoisotopic (exact) mass is 399 g/mol. The minimum atomic E-state index is -0.259. The van der Waals surface area contributed by atoms with Crippen molar-refractivity contribution in [1.29, 1.82) is 0 Å². The lowest BCUT2D eigenvalue weighted by molar-refractivity contribution is 0.102. The van der Waals surface area contributed by atoms with Crippen molar-refractivity contribution in [3.05, 3.63) is 36.0 Å². The molecule has 1 aliphatic rings. The molecule has 1 aliphatic heterocycles. The lowest BCUT2D eigenvalue weighted by Gasteiger charge is -2.17. The summed E-state index contributed by atoms with van der Waals surface area (Å²) >= 11 is 0. The number of hydrogen-bond donors (Lipinski definition) is 1. The normalized spacial score (nSPS) is 13.3. The highest BCUT2D eigenvalue weighted by atomic mass is 16.5. The Balaban J connectivity index is 1.80. The predicted molar refractivity (Wildman–Crippen MR) is 114 cm³/mol. The Bertz CT molecular complexity index is 790. The summed E-state index contributed by atoms with van der Waals surface area (Å²) in [5.74, 6) is 2.19. The summed E-state index contributed by atoms with van der Waals surface area (Å²) in [6.07, 6.45) is 4.08. The molecule has 0 aliphatic carbocycles. The van der Waals surface area contributed by atoms with E-state index in [-0.39, 0.29) is 5.91 Å². The molecule has 1 N–H and O–H groups in total. The maximum Gasteiger partial charge on any atom is 0.255 e. The Morgan fingerprint density at radius 3 is 2.14 bits per heavy atom. The Morgan fingerprint density at radius 1 is 1.00 bits per heavy atom. The van der Waals surface area contributed by atoms with Gasteiger partial charge >= 0.3 is 0 Å². The molecule has 0 saturated carbocycles. The fourth-order valence-corrected chi connectivity index (χ4v) is 3.32. The van der Waals surface area contributed by atoms with Crippen LogP contribution in [-0.4, -0.2) is 43.8 Å². The van der Waals surface area contributed by atoms with Crippen LogP contribution in [0.5, 0.6) is 17.2 Å². The van der Waals surface area contributed by atoms with Crippen LogP contribution >= 0.6 is 0 Å². The van der Waals surface area contributed by atoms with E-state index in [1.165, 1.54) is 12.8 Å². The Hall–Kier alpha value is -2.96. The molecule has 2 heterocycles. The Labute approximate surface area is 172 Å². The molecule has 3 rings (SSSR count). The van der Waals surface area contributed by atoms with E-state index in [0.717, 1.165) is 18.9 Å². The first-order chi connectivity index (χ1) is 14.2. The molecule has 7 heteroatoms. The number of nitrogens with one attached hydrogen (secondary N) is 1. The lowest BCUT2D eigenvalue weighted by atomic mass is 10.1. The van der Waals surface area contributed by atoms with Crippen LogP contribution in [0.4, 0.5) is 11.5 Å². The molecule has 0 bridgehead atoms. The van der Waals surface area contributed by atoms with Gasteiger partial charge in [-0.3, -0.25) is 4.79 Å². The molecule has 0 radical (unpaired) electrons. The molecule has 1 saturated heterocycles. The molecule has 0 atom stereocenters. The fourth-order valence-electron chi connectivity index (χ4n) is 3.32. The molecule has 1 amide bonds. The molecular formula is C22H29N3O4. The second-order valence-corrected chi connectivity index (χ2v) is 6.65. The number of nitrogens with zero attached hydrogens (tertiary/aromatic N) is 2. The number of carbonyl (C=O) groups excluding carboxylic acids is 1. The Morgan fingerprint density at radius 2 is 1.62 bits per heavy atom. The van der Waals surface area contributed by atoms with Crippen molar-refractivity contribution < 1.29 is 19.0 Å². The number of aromatic nitrogens is 1. The first kappa shape index (κ1) is 20.8. The standard InChI is InChI=1S/C22H29N3O4/c1-4-27-18-13-16(14-19(28-5-2)21(18)29-6-3)22(26)24-17-9-10-20(23-15-17)25-11-7-8-12-25/h9-10,13-15H,4-8,11-12H2,1-3H3,(H,24,26). The van der Waals surface area contributed by atoms with Crippen LogP contribution < -0.4 is 24.4 Å². The largest absolute Gasteiger partial charge is 0.490 e. The minimum Gasteiger partial charge on any atom is -0.490 e. The van der Waals surface area contributed by atoms with Gasteiger partial charge in [0.05, 0.1) is 31.7 Å². The van der Waals surface area contributed by atoms with Gasteiger partial charge in [0, 0.05) is 18.7 Å². The molecule has 2 aromatic rings. The number of rotatable bonds is 9. The summed E-state index contributed by atoms with van der Waals surface area (Å²) < 4.78 is 17.1. The van der Waals surface area contributed by atoms with Gasteiger partial charge in [0.2, 0.25) is 5.75 Å². The number of hydrogen-bond acceptors (Lipinski definition) is 6. The molecular weight excluding hydrogens is 370 g/mol. The SMILES string of the molecule is CCOc1cc(C(=O)Nc2ccc(N3CCCC3)nc2)cc(OCC)c1OCC. The summed E-state index contributed by atoms with van der Waals surface area (Å²) in [5.41, 5.74) is 1.08. The molecule has 1 aromatic heterocycles. The van der Waals surface area contributed by atoms with Gasteiger partial charge in [-0.05, 0) is 57.9 Å². The van der Waals surface area contributed by atoms with Crippen LogP contribution in [0, 0.1) is 0 Å². The average molecular weight is 399 g/mol. The van der Waals surface area contributed by atoms with Crippen LogP contribution in [0.15, 0.2) is 30.5 Å². The number of anilines is 2. The van der Waals surface area contributed by atoms with Gasteiger partial charge in [0.25, 0.3) is 5.91 Å². The average Bonchev–Trinajstić information content (AvgIpc) is 3.26. The van der Waals surface area contributed by atoms with Gasteiger partial charge in [0.1, 0.15) is 5.82 Å². The number of carbonyl (C=O) groups is 1. The van der Waals surface area contributed by atoms with E-state index in [1.54, 1.807) is 18.3 Å². The van der Waals surface area contributed by atoms with E-state index >= 15 is 0 Å². The third kappa shape index (κ3) is 5.10. The van der Waals surface area contributed by atoms with Gasteiger partial charge in [-0.1, -0.05) is 0 Å². The van der Waals surface area contributed by atoms with Crippen molar-refractivity contribution in [3.8, 4) is 17.2 Å². The van der Waals surface area contributed by atoms with Crippen molar-refractivity contribution >= 4 is 17.4 Å². The number of pyridine rings is 1. The highest BCUT2D eigenvalue weighted by molar-refractivity contribution is 6.05. The van der Waals surface area contributed by atoms with Crippen LogP contribution in [0.3, 0.4) is 0 Å². The lowest BCUT2D eigenvalue weighted by Crippen LogP contribution is -2.19. The summed E-state index contributed by atoms with van der Waals surface area (Å²) in [6, 6.07) is 7.17. The number of ether oxygens (including phenoxy) is 3. The van der Waals surface area contributed by atoms with Crippen molar-refractivity contribution in [1.82, 2.24) is 4.98 Å². The second-order valence-electron chi connectivity index (χ2n) is 6.65. The topological polar surface area (TPSA) is 72.9 Å². The van der Waals surface area contributed by atoms with Crippen LogP contribution in [0.25, 0.3) is 0 Å². The maximum absolute atomic E-state index is 12.8. The van der Waals surface area contributed by atoms with Gasteiger partial charge < -0.3 is 24.4 Å². The molecule has 1 fully saturated rings. The fraction of sp³-hybridized carbons (Fsp3) is 0.455. The van der Waals surface area contributed by atoms with Crippen LogP contribution in [0.1, 0.15) is 44.0 Å². The molecule has 0 unspecified atom stereocenters. The third-order valence-electron chi connectivity index (χ3n) is 4.61. The zero-order chi connectivity index (χ0) is 20.6. The van der Waals surface area contributed by atoms with Gasteiger partial charge in [-0.2, -0.15) is 0 Å². The first-order valence-electron chi connectivity index (χ1n) is 10.2. The van der Waals surface area contributed by atoms with Crippen molar-refractivity contribution in [2.24, 2.45) is 0 Å². The predicted octanol–water partition coefficient (Wildman–Crippen LogP) is 4.13. The van der Waals surface area contributed by atoms with E-state index in [9.17, 15) is 4.79 Å². The summed E-state index contributed by atoms with van der Waals surface area (Å²) in [7, 11) is 0. The molecule has 156 valence electrons. The van der Waals surface area contributed by atoms with E-state index in [1.807, 2.05) is 32.9 Å². The van der Waals surface area contributed by atoms with E-state index in [4.69, 9.17) is 14.2 Å². The second kappa shape index (κ2) is 10.0. The van der Waals surface area contributed by atoms with E-state index in [0.29, 0.717) is 48.3 Å². The highest BCUT2D eigenvalue weighted by Crippen LogP contribution is 2.39. The molecule has 0 spiro atoms. The zero-order valence-electron chi connectivity index (χ0n) is 17.4. The van der Waals surface area contributed by atoms with Gasteiger partial charge in [-0.15, -0.1) is 0 Å². The minimum absolute atomic E-state index is 0.259. The van der Waals surface area contributed by atoms with Crippen molar-refractivity contribution in [2.75, 3.05) is 43.1 Å². The van der Waals surface area contributed by atoms with Gasteiger partial charge in [-0.25, -0.2) is 4.98 Å². The van der Waals surface area contributed by atoms with Crippen molar-refractivity contribution in [3.63, 3.8) is 0 Å². The zero-order valence-corrected chi connectivity index (χ0v) is 17.4. The molecule has 1 aromatic carbocycles. The molecule has 7 nitrogen and oxygen atoms in total. The van der Waals surface area contributed by atoms with E-state index < -0.39 is 0 Å². The smallest absolute Gasteiger partial charge is 0.255 e. The maximum atomic E-state index is 12.8. The van der Waals surface area contributed by atoms with Gasteiger partial charge in [0.15, 0.2) is 11.5 Å². The quantitative estimate of drug-likeness (QED) is 0.683. The number of benzene rings is 1. The van der Waals surface area contributed by atoms with E-state index in [2.05, 4.69) is 15.2 Å². The Kier molecular flexibility index (Phi) is 7.16. The number of amides is 1. The highest BCUT2D eigenvalue weighted by Gasteiger charge is 2.19. The summed E-state index contributed by atoms with van der Waals surface area (Å²) in [6.45, 7) is 9.12. The summed E-state index contributed by atoms with van der Waals surface area (Å²) in [5, 5.41) is 2.89. The summed E-state index contributed by atoms with van der Waals surface area (Å²) in [4.78, 5) is 19.6. The van der Waals surface area contributed by atoms with Crippen LogP contribution in [-0.2, 0) is 0 Å². The van der Waals surface area contributed by atoms with Crippen LogP contribution in [0.2, 0.25) is 0 Å². The first-order valence-corrected chi connectivity index (χ1v) is 10.2. The molecule has 29 heavy (non-hydrogen) atoms. The van der Waals surface area contributed by atoms with Crippen molar-refractivity contribution in [2.45, 2.75) is 33.6 Å². The third-order valence-corrected chi connectivity index (χ3v) is 4.61.